The van der Waals surface area contributed by atoms with Crippen LogP contribution < -0.4 is 5.32 Å². The van der Waals surface area contributed by atoms with Crippen LogP contribution in [0.4, 0.5) is 0 Å². The Kier molecular flexibility index (Phi) is 4.00. The quantitative estimate of drug-likeness (QED) is 0.712. The van der Waals surface area contributed by atoms with E-state index >= 15 is 0 Å². The SMILES string of the molecule is CCCNC(C(C)C1CC1)C(C)(C)C. The highest BCUT2D eigenvalue weighted by Gasteiger charge is 2.38. The van der Waals surface area contributed by atoms with Gasteiger partial charge in [-0.25, -0.2) is 0 Å². The van der Waals surface area contributed by atoms with E-state index in [2.05, 4.69) is 39.9 Å². The molecule has 0 aromatic rings. The first-order valence-electron chi connectivity index (χ1n) is 6.20. The molecular weight excluding hydrogens is 170 g/mol. The molecule has 0 bridgehead atoms. The van der Waals surface area contributed by atoms with Gasteiger partial charge < -0.3 is 5.32 Å². The Morgan fingerprint density at radius 3 is 2.21 bits per heavy atom. The van der Waals surface area contributed by atoms with E-state index in [1.807, 2.05) is 0 Å². The highest BCUT2D eigenvalue weighted by atomic mass is 14.9. The van der Waals surface area contributed by atoms with Gasteiger partial charge in [-0.1, -0.05) is 34.6 Å². The summed E-state index contributed by atoms with van der Waals surface area (Å²) in [6, 6.07) is 0.690. The van der Waals surface area contributed by atoms with Crippen LogP contribution in [0.5, 0.6) is 0 Å². The molecule has 0 aliphatic heterocycles. The second-order valence-corrected chi connectivity index (χ2v) is 5.99. The molecule has 0 radical (unpaired) electrons. The Labute approximate surface area is 89.7 Å². The van der Waals surface area contributed by atoms with Crippen molar-refractivity contribution in [3.8, 4) is 0 Å². The fourth-order valence-corrected chi connectivity index (χ4v) is 2.47. The molecule has 0 aromatic heterocycles. The van der Waals surface area contributed by atoms with Gasteiger partial charge in [-0.2, -0.15) is 0 Å². The van der Waals surface area contributed by atoms with E-state index in [1.165, 1.54) is 25.8 Å². The molecule has 0 saturated heterocycles. The number of rotatable bonds is 5. The van der Waals surface area contributed by atoms with Gasteiger partial charge in [-0.15, -0.1) is 0 Å². The molecule has 1 saturated carbocycles. The Balaban J connectivity index is 2.50. The normalized spacial score (nSPS) is 22.1. The maximum atomic E-state index is 3.73. The summed E-state index contributed by atoms with van der Waals surface area (Å²) in [5, 5.41) is 3.73. The van der Waals surface area contributed by atoms with Crippen LogP contribution in [0, 0.1) is 17.3 Å². The molecule has 1 aliphatic rings. The lowest BCUT2D eigenvalue weighted by molar-refractivity contribution is 0.187. The molecule has 14 heavy (non-hydrogen) atoms. The van der Waals surface area contributed by atoms with E-state index in [0.717, 1.165) is 11.8 Å². The average Bonchev–Trinajstić information content (AvgIpc) is 2.84. The molecule has 1 aliphatic carbocycles. The molecule has 0 spiro atoms. The lowest BCUT2D eigenvalue weighted by Gasteiger charge is -2.36. The first-order valence-corrected chi connectivity index (χ1v) is 6.20. The third-order valence-electron chi connectivity index (χ3n) is 3.44. The monoisotopic (exact) mass is 197 g/mol. The Morgan fingerprint density at radius 2 is 1.86 bits per heavy atom. The predicted molar refractivity (Wildman–Crippen MR) is 63.4 cm³/mol. The van der Waals surface area contributed by atoms with E-state index < -0.39 is 0 Å². The summed E-state index contributed by atoms with van der Waals surface area (Å²) in [6.45, 7) is 12.9. The Hall–Kier alpha value is -0.0400. The topological polar surface area (TPSA) is 12.0 Å². The smallest absolute Gasteiger partial charge is 0.0144 e. The molecule has 1 N–H and O–H groups in total. The molecule has 0 amide bonds. The molecule has 1 nitrogen and oxygen atoms in total. The van der Waals surface area contributed by atoms with Crippen molar-refractivity contribution in [2.45, 2.75) is 59.9 Å². The molecule has 84 valence electrons. The molecule has 1 rings (SSSR count). The zero-order valence-electron chi connectivity index (χ0n) is 10.6. The Morgan fingerprint density at radius 1 is 1.29 bits per heavy atom. The third kappa shape index (κ3) is 3.27. The minimum atomic E-state index is 0.400. The maximum Gasteiger partial charge on any atom is 0.0144 e. The number of hydrogen-bond donors (Lipinski definition) is 1. The molecular formula is C13H27N. The van der Waals surface area contributed by atoms with Gasteiger partial charge in [-0.05, 0) is 43.1 Å². The number of nitrogens with one attached hydrogen (secondary N) is 1. The first kappa shape index (κ1) is 12.0. The summed E-state index contributed by atoms with van der Waals surface area (Å²) >= 11 is 0. The molecule has 0 aromatic carbocycles. The molecule has 1 heteroatoms. The standard InChI is InChI=1S/C13H27N/c1-6-9-14-12(13(3,4)5)10(2)11-7-8-11/h10-12,14H,6-9H2,1-5H3. The predicted octanol–water partition coefficient (Wildman–Crippen LogP) is 3.45. The van der Waals surface area contributed by atoms with Crippen molar-refractivity contribution in [1.82, 2.24) is 5.32 Å². The van der Waals surface area contributed by atoms with Crippen molar-refractivity contribution in [2.24, 2.45) is 17.3 Å². The number of hydrogen-bond acceptors (Lipinski definition) is 1. The van der Waals surface area contributed by atoms with Crippen LogP contribution in [0.25, 0.3) is 0 Å². The fourth-order valence-electron chi connectivity index (χ4n) is 2.47. The van der Waals surface area contributed by atoms with E-state index in [4.69, 9.17) is 0 Å². The van der Waals surface area contributed by atoms with Crippen LogP contribution in [0.3, 0.4) is 0 Å². The summed E-state index contributed by atoms with van der Waals surface area (Å²) in [5.74, 6) is 1.85. The van der Waals surface area contributed by atoms with Crippen LogP contribution in [-0.2, 0) is 0 Å². The van der Waals surface area contributed by atoms with Crippen LogP contribution in [0.2, 0.25) is 0 Å². The summed E-state index contributed by atoms with van der Waals surface area (Å²) in [6.07, 6.45) is 4.16. The minimum Gasteiger partial charge on any atom is -0.313 e. The third-order valence-corrected chi connectivity index (χ3v) is 3.44. The summed E-state index contributed by atoms with van der Waals surface area (Å²) in [7, 11) is 0. The second kappa shape index (κ2) is 4.65. The van der Waals surface area contributed by atoms with Crippen molar-refractivity contribution >= 4 is 0 Å². The van der Waals surface area contributed by atoms with Gasteiger partial charge in [0.25, 0.3) is 0 Å². The zero-order chi connectivity index (χ0) is 10.8. The van der Waals surface area contributed by atoms with Gasteiger partial charge in [0, 0.05) is 6.04 Å². The molecule has 2 unspecified atom stereocenters. The Bertz CT molecular complexity index is 165. The van der Waals surface area contributed by atoms with E-state index in [1.54, 1.807) is 0 Å². The van der Waals surface area contributed by atoms with Crippen LogP contribution >= 0.6 is 0 Å². The molecule has 2 atom stereocenters. The summed E-state index contributed by atoms with van der Waals surface area (Å²) in [4.78, 5) is 0. The van der Waals surface area contributed by atoms with Crippen LogP contribution in [0.15, 0.2) is 0 Å². The highest BCUT2D eigenvalue weighted by Crippen LogP contribution is 2.42. The van der Waals surface area contributed by atoms with E-state index in [0.29, 0.717) is 11.5 Å². The van der Waals surface area contributed by atoms with Crippen molar-refractivity contribution in [2.75, 3.05) is 6.54 Å². The second-order valence-electron chi connectivity index (χ2n) is 5.99. The van der Waals surface area contributed by atoms with Crippen molar-refractivity contribution < 1.29 is 0 Å². The van der Waals surface area contributed by atoms with Gasteiger partial charge in [0.1, 0.15) is 0 Å². The first-order chi connectivity index (χ1) is 6.46. The fraction of sp³-hybridized carbons (Fsp3) is 1.00. The van der Waals surface area contributed by atoms with Gasteiger partial charge in [0.2, 0.25) is 0 Å². The van der Waals surface area contributed by atoms with Gasteiger partial charge in [0.05, 0.1) is 0 Å². The largest absolute Gasteiger partial charge is 0.313 e. The van der Waals surface area contributed by atoms with E-state index in [-0.39, 0.29) is 0 Å². The summed E-state index contributed by atoms with van der Waals surface area (Å²) < 4.78 is 0. The maximum absolute atomic E-state index is 3.73. The highest BCUT2D eigenvalue weighted by molar-refractivity contribution is 4.92. The summed E-state index contributed by atoms with van der Waals surface area (Å²) in [5.41, 5.74) is 0.400. The minimum absolute atomic E-state index is 0.400. The average molecular weight is 197 g/mol. The van der Waals surface area contributed by atoms with Crippen molar-refractivity contribution in [1.29, 1.82) is 0 Å². The lowest BCUT2D eigenvalue weighted by atomic mass is 9.77. The van der Waals surface area contributed by atoms with Crippen molar-refractivity contribution in [3.63, 3.8) is 0 Å². The van der Waals surface area contributed by atoms with Gasteiger partial charge in [-0.3, -0.25) is 0 Å². The lowest BCUT2D eigenvalue weighted by Crippen LogP contribution is -2.46. The van der Waals surface area contributed by atoms with Crippen molar-refractivity contribution in [3.05, 3.63) is 0 Å². The van der Waals surface area contributed by atoms with Gasteiger partial charge in [0.15, 0.2) is 0 Å². The van der Waals surface area contributed by atoms with E-state index in [9.17, 15) is 0 Å². The molecule has 1 fully saturated rings. The van der Waals surface area contributed by atoms with Crippen LogP contribution in [-0.4, -0.2) is 12.6 Å². The molecule has 0 heterocycles. The van der Waals surface area contributed by atoms with Gasteiger partial charge >= 0.3 is 0 Å². The van der Waals surface area contributed by atoms with Crippen LogP contribution in [0.1, 0.15) is 53.9 Å². The zero-order valence-corrected chi connectivity index (χ0v) is 10.6.